The van der Waals surface area contributed by atoms with E-state index in [4.69, 9.17) is 0 Å². The van der Waals surface area contributed by atoms with Crippen LogP contribution in [0.3, 0.4) is 0 Å². The van der Waals surface area contributed by atoms with Crippen LogP contribution in [0.15, 0.2) is 30.6 Å². The third-order valence-corrected chi connectivity index (χ3v) is 3.14. The average molecular weight is 287 g/mol. The van der Waals surface area contributed by atoms with Gasteiger partial charge in [-0.25, -0.2) is 4.79 Å². The molecular formula is C15H21N5O. The summed E-state index contributed by atoms with van der Waals surface area (Å²) in [7, 11) is 0. The van der Waals surface area contributed by atoms with Crippen molar-refractivity contribution in [2.24, 2.45) is 5.92 Å². The summed E-state index contributed by atoms with van der Waals surface area (Å²) in [6.07, 6.45) is 3.28. The molecule has 1 atom stereocenters. The molecule has 0 unspecified atom stereocenters. The van der Waals surface area contributed by atoms with Crippen molar-refractivity contribution < 1.29 is 4.79 Å². The highest BCUT2D eigenvalue weighted by Gasteiger charge is 2.09. The first-order valence-corrected chi connectivity index (χ1v) is 7.00. The molecule has 0 bridgehead atoms. The SMILES string of the molecule is Cc1cc(C)n(C[C@H](C)CNC(=O)Nc2ccncc2)n1. The summed E-state index contributed by atoms with van der Waals surface area (Å²) in [5, 5.41) is 10.1. The third kappa shape index (κ3) is 4.59. The number of urea groups is 1. The average Bonchev–Trinajstić information content (AvgIpc) is 2.76. The van der Waals surface area contributed by atoms with E-state index in [2.05, 4.69) is 33.7 Å². The Bertz CT molecular complexity index is 593. The molecule has 2 aromatic heterocycles. The molecule has 0 aliphatic carbocycles. The molecule has 0 radical (unpaired) electrons. The monoisotopic (exact) mass is 287 g/mol. The fraction of sp³-hybridized carbons (Fsp3) is 0.400. The van der Waals surface area contributed by atoms with E-state index in [1.807, 2.05) is 18.5 Å². The standard InChI is InChI=1S/C15H21N5O/c1-11(10-20-13(3)8-12(2)19-20)9-17-15(21)18-14-4-6-16-7-5-14/h4-8,11H,9-10H2,1-3H3,(H2,16,17,18,21)/t11-/m1/s1. The molecule has 2 rings (SSSR count). The Morgan fingerprint density at radius 1 is 1.33 bits per heavy atom. The van der Waals surface area contributed by atoms with Gasteiger partial charge in [-0.3, -0.25) is 9.67 Å². The zero-order chi connectivity index (χ0) is 15.2. The number of aromatic nitrogens is 3. The summed E-state index contributed by atoms with van der Waals surface area (Å²) >= 11 is 0. The summed E-state index contributed by atoms with van der Waals surface area (Å²) in [4.78, 5) is 15.7. The minimum Gasteiger partial charge on any atom is -0.338 e. The number of nitrogens with zero attached hydrogens (tertiary/aromatic N) is 3. The molecule has 0 aromatic carbocycles. The van der Waals surface area contributed by atoms with E-state index in [1.165, 1.54) is 0 Å². The van der Waals surface area contributed by atoms with Crippen LogP contribution in [0.4, 0.5) is 10.5 Å². The van der Waals surface area contributed by atoms with Crippen molar-refractivity contribution in [3.63, 3.8) is 0 Å². The van der Waals surface area contributed by atoms with Crippen molar-refractivity contribution >= 4 is 11.7 Å². The van der Waals surface area contributed by atoms with Gasteiger partial charge >= 0.3 is 6.03 Å². The summed E-state index contributed by atoms with van der Waals surface area (Å²) in [5.41, 5.74) is 2.89. The second-order valence-electron chi connectivity index (χ2n) is 5.29. The number of pyridine rings is 1. The molecule has 2 N–H and O–H groups in total. The van der Waals surface area contributed by atoms with Gasteiger partial charge in [-0.2, -0.15) is 5.10 Å². The van der Waals surface area contributed by atoms with Gasteiger partial charge in [-0.05, 0) is 38.0 Å². The Morgan fingerprint density at radius 2 is 2.05 bits per heavy atom. The molecule has 2 aromatic rings. The van der Waals surface area contributed by atoms with Crippen molar-refractivity contribution in [1.29, 1.82) is 0 Å². The molecule has 6 nitrogen and oxygen atoms in total. The van der Waals surface area contributed by atoms with E-state index in [-0.39, 0.29) is 6.03 Å². The van der Waals surface area contributed by atoms with E-state index in [0.717, 1.165) is 23.6 Å². The van der Waals surface area contributed by atoms with Crippen LogP contribution in [0.1, 0.15) is 18.3 Å². The first-order valence-electron chi connectivity index (χ1n) is 7.00. The Balaban J connectivity index is 1.77. The van der Waals surface area contributed by atoms with Crippen molar-refractivity contribution in [3.8, 4) is 0 Å². The second kappa shape index (κ2) is 6.88. The Kier molecular flexibility index (Phi) is 4.92. The summed E-state index contributed by atoms with van der Waals surface area (Å²) in [5.74, 6) is 0.297. The first kappa shape index (κ1) is 15.0. The molecule has 2 heterocycles. The normalized spacial score (nSPS) is 12.0. The van der Waals surface area contributed by atoms with Gasteiger partial charge in [0, 0.05) is 36.9 Å². The van der Waals surface area contributed by atoms with Crippen LogP contribution in [0, 0.1) is 19.8 Å². The smallest absolute Gasteiger partial charge is 0.319 e. The molecule has 0 aliphatic rings. The van der Waals surface area contributed by atoms with Gasteiger partial charge in [-0.1, -0.05) is 6.92 Å². The van der Waals surface area contributed by atoms with Gasteiger partial charge < -0.3 is 10.6 Å². The molecule has 112 valence electrons. The highest BCUT2D eigenvalue weighted by molar-refractivity contribution is 5.89. The second-order valence-corrected chi connectivity index (χ2v) is 5.29. The van der Waals surface area contributed by atoms with Crippen molar-refractivity contribution in [3.05, 3.63) is 42.0 Å². The van der Waals surface area contributed by atoms with E-state index in [9.17, 15) is 4.79 Å². The van der Waals surface area contributed by atoms with Gasteiger partial charge in [0.2, 0.25) is 0 Å². The zero-order valence-corrected chi connectivity index (χ0v) is 12.6. The zero-order valence-electron chi connectivity index (χ0n) is 12.6. The van der Waals surface area contributed by atoms with Crippen LogP contribution >= 0.6 is 0 Å². The Morgan fingerprint density at radius 3 is 2.67 bits per heavy atom. The van der Waals surface area contributed by atoms with Crippen LogP contribution in [-0.4, -0.2) is 27.3 Å². The predicted octanol–water partition coefficient (Wildman–Crippen LogP) is 2.35. The molecule has 21 heavy (non-hydrogen) atoms. The summed E-state index contributed by atoms with van der Waals surface area (Å²) < 4.78 is 1.97. The minimum atomic E-state index is -0.207. The highest BCUT2D eigenvalue weighted by Crippen LogP contribution is 2.06. The Labute approximate surface area is 124 Å². The number of hydrogen-bond donors (Lipinski definition) is 2. The number of nitrogens with one attached hydrogen (secondary N) is 2. The van der Waals surface area contributed by atoms with Crippen LogP contribution in [0.25, 0.3) is 0 Å². The van der Waals surface area contributed by atoms with Gasteiger partial charge in [0.15, 0.2) is 0 Å². The number of hydrogen-bond acceptors (Lipinski definition) is 3. The van der Waals surface area contributed by atoms with Gasteiger partial charge in [0.1, 0.15) is 0 Å². The number of carbonyl (C=O) groups is 1. The van der Waals surface area contributed by atoms with E-state index in [1.54, 1.807) is 24.5 Å². The first-order chi connectivity index (χ1) is 10.0. The number of carbonyl (C=O) groups excluding carboxylic acids is 1. The summed E-state index contributed by atoms with van der Waals surface area (Å²) in [6.45, 7) is 7.48. The minimum absolute atomic E-state index is 0.207. The van der Waals surface area contributed by atoms with Crippen LogP contribution in [0.5, 0.6) is 0 Å². The molecule has 0 saturated carbocycles. The molecule has 0 spiro atoms. The van der Waals surface area contributed by atoms with Crippen LogP contribution < -0.4 is 10.6 Å². The predicted molar refractivity (Wildman–Crippen MR) is 82.1 cm³/mol. The summed E-state index contributed by atoms with van der Waals surface area (Å²) in [6, 6.07) is 5.34. The maximum absolute atomic E-state index is 11.8. The van der Waals surface area contributed by atoms with Crippen LogP contribution in [0.2, 0.25) is 0 Å². The number of rotatable bonds is 5. The fourth-order valence-corrected chi connectivity index (χ4v) is 2.10. The van der Waals surface area contributed by atoms with Gasteiger partial charge in [0.05, 0.1) is 5.69 Å². The molecule has 0 saturated heterocycles. The molecule has 0 aliphatic heterocycles. The van der Waals surface area contributed by atoms with E-state index >= 15 is 0 Å². The maximum Gasteiger partial charge on any atom is 0.319 e. The van der Waals surface area contributed by atoms with Crippen molar-refractivity contribution in [2.75, 3.05) is 11.9 Å². The number of anilines is 1. The fourth-order valence-electron chi connectivity index (χ4n) is 2.10. The lowest BCUT2D eigenvalue weighted by atomic mass is 10.2. The molecule has 2 amide bonds. The van der Waals surface area contributed by atoms with Crippen LogP contribution in [-0.2, 0) is 6.54 Å². The lowest BCUT2D eigenvalue weighted by Gasteiger charge is -2.14. The van der Waals surface area contributed by atoms with E-state index in [0.29, 0.717) is 12.5 Å². The van der Waals surface area contributed by atoms with Gasteiger partial charge in [-0.15, -0.1) is 0 Å². The lowest BCUT2D eigenvalue weighted by Crippen LogP contribution is -2.33. The molecule has 6 heteroatoms. The number of aryl methyl sites for hydroxylation is 2. The number of amides is 2. The Hall–Kier alpha value is -2.37. The van der Waals surface area contributed by atoms with Gasteiger partial charge in [0.25, 0.3) is 0 Å². The van der Waals surface area contributed by atoms with E-state index < -0.39 is 0 Å². The maximum atomic E-state index is 11.8. The molecular weight excluding hydrogens is 266 g/mol. The third-order valence-electron chi connectivity index (χ3n) is 3.14. The largest absolute Gasteiger partial charge is 0.338 e. The lowest BCUT2D eigenvalue weighted by molar-refractivity contribution is 0.249. The molecule has 0 fully saturated rings. The van der Waals surface area contributed by atoms with Crippen molar-refractivity contribution in [1.82, 2.24) is 20.1 Å². The topological polar surface area (TPSA) is 71.8 Å². The highest BCUT2D eigenvalue weighted by atomic mass is 16.2. The van der Waals surface area contributed by atoms with Crippen molar-refractivity contribution in [2.45, 2.75) is 27.3 Å². The quantitative estimate of drug-likeness (QED) is 0.886.